The molecule has 0 bridgehead atoms. The third kappa shape index (κ3) is 2.64. The topological polar surface area (TPSA) is 51.0 Å². The second-order valence-electron chi connectivity index (χ2n) is 3.33. The first-order chi connectivity index (χ1) is 7.25. The van der Waals surface area contributed by atoms with E-state index in [0.717, 1.165) is 23.9 Å². The molecule has 4 nitrogen and oxygen atoms in total. The predicted octanol–water partition coefficient (Wildman–Crippen LogP) is 2.04. The molecule has 0 aliphatic carbocycles. The first-order valence-corrected chi connectivity index (χ1v) is 5.64. The predicted molar refractivity (Wildman–Crippen MR) is 58.6 cm³/mol. The average Bonchev–Trinajstić information content (AvgIpc) is 2.77. The SMILES string of the molecule is Cc1cnc(CNCc2scnc2C)o1. The first-order valence-electron chi connectivity index (χ1n) is 4.76. The molecular weight excluding hydrogens is 210 g/mol. The number of oxazole rings is 1. The van der Waals surface area contributed by atoms with Crippen molar-refractivity contribution in [2.75, 3.05) is 0 Å². The van der Waals surface area contributed by atoms with Crippen molar-refractivity contribution in [2.45, 2.75) is 26.9 Å². The highest BCUT2D eigenvalue weighted by Crippen LogP contribution is 2.11. The minimum atomic E-state index is 0.658. The Bertz CT molecular complexity index is 435. The molecule has 15 heavy (non-hydrogen) atoms. The lowest BCUT2D eigenvalue weighted by Gasteiger charge is -1.99. The van der Waals surface area contributed by atoms with Crippen molar-refractivity contribution in [2.24, 2.45) is 0 Å². The Morgan fingerprint density at radius 1 is 1.33 bits per heavy atom. The quantitative estimate of drug-likeness (QED) is 0.861. The molecule has 0 spiro atoms. The maximum absolute atomic E-state index is 5.35. The van der Waals surface area contributed by atoms with Crippen molar-refractivity contribution in [3.8, 4) is 0 Å². The molecule has 80 valence electrons. The van der Waals surface area contributed by atoms with Crippen LogP contribution in [0, 0.1) is 13.8 Å². The molecule has 2 heterocycles. The normalized spacial score (nSPS) is 10.8. The van der Waals surface area contributed by atoms with Crippen molar-refractivity contribution in [3.63, 3.8) is 0 Å². The molecule has 0 saturated carbocycles. The molecule has 1 N–H and O–H groups in total. The molecule has 0 saturated heterocycles. The number of nitrogens with zero attached hydrogens (tertiary/aromatic N) is 2. The van der Waals surface area contributed by atoms with Gasteiger partial charge >= 0.3 is 0 Å². The highest BCUT2D eigenvalue weighted by atomic mass is 32.1. The number of rotatable bonds is 4. The largest absolute Gasteiger partial charge is 0.445 e. The zero-order chi connectivity index (χ0) is 10.7. The molecule has 0 radical (unpaired) electrons. The fraction of sp³-hybridized carbons (Fsp3) is 0.400. The second-order valence-corrected chi connectivity index (χ2v) is 4.27. The van der Waals surface area contributed by atoms with E-state index in [1.54, 1.807) is 17.5 Å². The van der Waals surface area contributed by atoms with Crippen LogP contribution in [-0.2, 0) is 13.1 Å². The Morgan fingerprint density at radius 2 is 2.20 bits per heavy atom. The van der Waals surface area contributed by atoms with E-state index in [9.17, 15) is 0 Å². The van der Waals surface area contributed by atoms with Crippen LogP contribution < -0.4 is 5.32 Å². The van der Waals surface area contributed by atoms with E-state index in [1.165, 1.54) is 4.88 Å². The van der Waals surface area contributed by atoms with Gasteiger partial charge in [0.2, 0.25) is 5.89 Å². The Morgan fingerprint density at radius 3 is 2.80 bits per heavy atom. The van der Waals surface area contributed by atoms with Crippen LogP contribution in [0.3, 0.4) is 0 Å². The van der Waals surface area contributed by atoms with E-state index in [-0.39, 0.29) is 0 Å². The number of aryl methyl sites for hydroxylation is 2. The average molecular weight is 223 g/mol. The maximum Gasteiger partial charge on any atom is 0.208 e. The van der Waals surface area contributed by atoms with Gasteiger partial charge in [0, 0.05) is 11.4 Å². The molecule has 0 aliphatic heterocycles. The minimum absolute atomic E-state index is 0.658. The van der Waals surface area contributed by atoms with E-state index in [1.807, 2.05) is 19.4 Å². The van der Waals surface area contributed by atoms with Crippen LogP contribution in [0.15, 0.2) is 16.1 Å². The summed E-state index contributed by atoms with van der Waals surface area (Å²) in [5.74, 6) is 1.58. The zero-order valence-corrected chi connectivity index (χ0v) is 9.60. The first kappa shape index (κ1) is 10.3. The van der Waals surface area contributed by atoms with Crippen LogP contribution in [0.4, 0.5) is 0 Å². The Balaban J connectivity index is 1.83. The van der Waals surface area contributed by atoms with E-state index in [0.29, 0.717) is 6.54 Å². The molecule has 2 rings (SSSR count). The molecule has 2 aromatic rings. The highest BCUT2D eigenvalue weighted by Gasteiger charge is 2.02. The third-order valence-corrected chi connectivity index (χ3v) is 3.01. The van der Waals surface area contributed by atoms with Crippen LogP contribution in [0.2, 0.25) is 0 Å². The van der Waals surface area contributed by atoms with Crippen molar-refractivity contribution in [3.05, 3.63) is 33.9 Å². The fourth-order valence-electron chi connectivity index (χ4n) is 1.26. The van der Waals surface area contributed by atoms with Crippen LogP contribution in [0.1, 0.15) is 22.2 Å². The van der Waals surface area contributed by atoms with E-state index >= 15 is 0 Å². The smallest absolute Gasteiger partial charge is 0.208 e. The van der Waals surface area contributed by atoms with Gasteiger partial charge in [0.1, 0.15) is 5.76 Å². The molecule has 0 fully saturated rings. The lowest BCUT2D eigenvalue weighted by Crippen LogP contribution is -2.12. The van der Waals surface area contributed by atoms with Crippen molar-refractivity contribution >= 4 is 11.3 Å². The summed E-state index contributed by atoms with van der Waals surface area (Å²) in [6.45, 7) is 5.38. The summed E-state index contributed by atoms with van der Waals surface area (Å²) in [6.07, 6.45) is 1.73. The monoisotopic (exact) mass is 223 g/mol. The molecular formula is C10H13N3OS. The molecule has 0 unspecified atom stereocenters. The van der Waals surface area contributed by atoms with Crippen LogP contribution in [0.5, 0.6) is 0 Å². The number of hydrogen-bond donors (Lipinski definition) is 1. The third-order valence-electron chi connectivity index (χ3n) is 2.08. The van der Waals surface area contributed by atoms with Crippen LogP contribution >= 0.6 is 11.3 Å². The summed E-state index contributed by atoms with van der Waals surface area (Å²) in [5, 5.41) is 3.27. The summed E-state index contributed by atoms with van der Waals surface area (Å²) < 4.78 is 5.35. The van der Waals surface area contributed by atoms with E-state index < -0.39 is 0 Å². The highest BCUT2D eigenvalue weighted by molar-refractivity contribution is 7.09. The van der Waals surface area contributed by atoms with E-state index in [2.05, 4.69) is 15.3 Å². The van der Waals surface area contributed by atoms with Crippen LogP contribution in [0.25, 0.3) is 0 Å². The molecule has 0 aliphatic rings. The number of nitrogens with one attached hydrogen (secondary N) is 1. The lowest BCUT2D eigenvalue weighted by molar-refractivity contribution is 0.449. The van der Waals surface area contributed by atoms with Gasteiger partial charge in [0.15, 0.2) is 0 Å². The van der Waals surface area contributed by atoms with Gasteiger partial charge in [-0.25, -0.2) is 9.97 Å². The zero-order valence-electron chi connectivity index (χ0n) is 8.78. The summed E-state index contributed by atoms with van der Waals surface area (Å²) in [5.41, 5.74) is 2.96. The van der Waals surface area contributed by atoms with Gasteiger partial charge in [0.05, 0.1) is 23.9 Å². The lowest BCUT2D eigenvalue weighted by atomic mass is 10.4. The number of thiazole rings is 1. The van der Waals surface area contributed by atoms with Crippen molar-refractivity contribution in [1.29, 1.82) is 0 Å². The summed E-state index contributed by atoms with van der Waals surface area (Å²) in [7, 11) is 0. The van der Waals surface area contributed by atoms with Crippen molar-refractivity contribution in [1.82, 2.24) is 15.3 Å². The molecule has 2 aromatic heterocycles. The Kier molecular flexibility index (Phi) is 3.13. The summed E-state index contributed by atoms with van der Waals surface area (Å²) >= 11 is 1.67. The summed E-state index contributed by atoms with van der Waals surface area (Å²) in [4.78, 5) is 9.56. The minimum Gasteiger partial charge on any atom is -0.445 e. The Labute approximate surface area is 92.4 Å². The molecule has 0 aromatic carbocycles. The van der Waals surface area contributed by atoms with Gasteiger partial charge in [-0.2, -0.15) is 0 Å². The second kappa shape index (κ2) is 4.55. The number of hydrogen-bond acceptors (Lipinski definition) is 5. The van der Waals surface area contributed by atoms with Crippen molar-refractivity contribution < 1.29 is 4.42 Å². The molecule has 5 heteroatoms. The van der Waals surface area contributed by atoms with Gasteiger partial charge in [-0.1, -0.05) is 0 Å². The molecule has 0 atom stereocenters. The van der Waals surface area contributed by atoms with Gasteiger partial charge in [-0.3, -0.25) is 0 Å². The maximum atomic E-state index is 5.35. The van der Waals surface area contributed by atoms with Gasteiger partial charge in [-0.05, 0) is 13.8 Å². The van der Waals surface area contributed by atoms with Crippen LogP contribution in [-0.4, -0.2) is 9.97 Å². The van der Waals surface area contributed by atoms with Gasteiger partial charge < -0.3 is 9.73 Å². The fourth-order valence-corrected chi connectivity index (χ4v) is 2.01. The van der Waals surface area contributed by atoms with Gasteiger partial charge in [0.25, 0.3) is 0 Å². The standard InChI is InChI=1S/C10H13N3OS/c1-7-3-12-10(14-7)5-11-4-9-8(2)13-6-15-9/h3,6,11H,4-5H2,1-2H3. The van der Waals surface area contributed by atoms with Gasteiger partial charge in [-0.15, -0.1) is 11.3 Å². The summed E-state index contributed by atoms with van der Waals surface area (Å²) in [6, 6.07) is 0. The Hall–Kier alpha value is -1.20. The molecule has 0 amide bonds. The van der Waals surface area contributed by atoms with E-state index in [4.69, 9.17) is 4.42 Å². The number of aromatic nitrogens is 2.